The van der Waals surface area contributed by atoms with Crippen LogP contribution in [-0.2, 0) is 4.74 Å². The number of aliphatic hydroxyl groups excluding tert-OH is 2. The molecule has 0 aromatic rings. The maximum atomic E-state index is 11.8. The van der Waals surface area contributed by atoms with E-state index in [1.54, 1.807) is 7.05 Å². The van der Waals surface area contributed by atoms with Gasteiger partial charge in [0, 0.05) is 13.5 Å². The van der Waals surface area contributed by atoms with E-state index in [9.17, 15) is 15.0 Å². The van der Waals surface area contributed by atoms with Crippen LogP contribution in [0, 0.1) is 29.1 Å². The van der Waals surface area contributed by atoms with E-state index in [1.807, 2.05) is 0 Å². The first-order chi connectivity index (χ1) is 16.2. The fraction of sp³-hybridized carbons (Fsp3) is 0.690. The van der Waals surface area contributed by atoms with Gasteiger partial charge in [-0.25, -0.2) is 4.79 Å². The molecule has 188 valence electrons. The van der Waals surface area contributed by atoms with E-state index in [-0.39, 0.29) is 17.6 Å². The van der Waals surface area contributed by atoms with Gasteiger partial charge >= 0.3 is 6.09 Å². The highest BCUT2D eigenvalue weighted by Crippen LogP contribution is 2.59. The molecule has 4 rings (SSSR count). The van der Waals surface area contributed by atoms with Crippen molar-refractivity contribution >= 4 is 6.09 Å². The summed E-state index contributed by atoms with van der Waals surface area (Å²) in [5.41, 5.74) is 3.53. The van der Waals surface area contributed by atoms with Crippen molar-refractivity contribution < 1.29 is 19.7 Å². The standard InChI is InChI=1S/C29H43NO4/c1-18(7-14-27(21-9-10-21)34-28(33)30-4)24-12-13-25-20(6-5-15-29(24,25)3)8-11-22-16-23(31)17-26(32)19(22)2/h7-8,11,14,18,21,23-27,31-32H,2,5-6,9-10,12-13,15-17H2,1,3-4H3,(H,30,33)/b14-7+,20-8+,22-11-/t18-,23-,24-,25+,26+,27-,29-/m1/s1. The number of aliphatic hydroxyl groups is 2. The van der Waals surface area contributed by atoms with Gasteiger partial charge in [0.15, 0.2) is 0 Å². The van der Waals surface area contributed by atoms with E-state index in [2.05, 4.69) is 50.0 Å². The van der Waals surface area contributed by atoms with E-state index in [4.69, 9.17) is 4.74 Å². The van der Waals surface area contributed by atoms with Gasteiger partial charge < -0.3 is 20.3 Å². The van der Waals surface area contributed by atoms with Gasteiger partial charge in [-0.15, -0.1) is 0 Å². The molecule has 0 unspecified atom stereocenters. The highest BCUT2D eigenvalue weighted by molar-refractivity contribution is 5.67. The van der Waals surface area contributed by atoms with Crippen molar-refractivity contribution in [1.82, 2.24) is 5.32 Å². The summed E-state index contributed by atoms with van der Waals surface area (Å²) in [4.78, 5) is 11.8. The summed E-state index contributed by atoms with van der Waals surface area (Å²) in [5, 5.41) is 22.8. The molecule has 0 aromatic carbocycles. The minimum atomic E-state index is -0.639. The Morgan fingerprint density at radius 2 is 1.97 bits per heavy atom. The highest BCUT2D eigenvalue weighted by atomic mass is 16.6. The van der Waals surface area contributed by atoms with Gasteiger partial charge in [-0.1, -0.05) is 44.2 Å². The number of alkyl carbamates (subject to hydrolysis) is 1. The minimum Gasteiger partial charge on any atom is -0.442 e. The Labute approximate surface area is 205 Å². The molecule has 5 nitrogen and oxygen atoms in total. The summed E-state index contributed by atoms with van der Waals surface area (Å²) in [5.74, 6) is 2.09. The van der Waals surface area contributed by atoms with Crippen molar-refractivity contribution in [3.63, 3.8) is 0 Å². The largest absolute Gasteiger partial charge is 0.442 e. The zero-order valence-electron chi connectivity index (χ0n) is 21.1. The Morgan fingerprint density at radius 1 is 1.21 bits per heavy atom. The molecular formula is C29H43NO4. The maximum absolute atomic E-state index is 11.8. The fourth-order valence-electron chi connectivity index (χ4n) is 6.93. The number of amides is 1. The lowest BCUT2D eigenvalue weighted by Gasteiger charge is -2.44. The summed E-state index contributed by atoms with van der Waals surface area (Å²) < 4.78 is 5.60. The van der Waals surface area contributed by atoms with E-state index in [0.29, 0.717) is 36.5 Å². The molecule has 4 saturated carbocycles. The number of nitrogens with one attached hydrogen (secondary N) is 1. The lowest BCUT2D eigenvalue weighted by molar-refractivity contribution is 0.0862. The first-order valence-corrected chi connectivity index (χ1v) is 13.2. The molecule has 4 aliphatic carbocycles. The van der Waals surface area contributed by atoms with Gasteiger partial charge in [0.2, 0.25) is 0 Å². The second kappa shape index (κ2) is 10.4. The Bertz CT molecular complexity index is 869. The first kappa shape index (κ1) is 25.2. The highest BCUT2D eigenvalue weighted by Gasteiger charge is 2.50. The van der Waals surface area contributed by atoms with Crippen LogP contribution in [0.4, 0.5) is 4.79 Å². The van der Waals surface area contributed by atoms with Crippen molar-refractivity contribution in [1.29, 1.82) is 0 Å². The third-order valence-corrected chi connectivity index (χ3v) is 9.07. The molecular weight excluding hydrogens is 426 g/mol. The van der Waals surface area contributed by atoms with Crippen molar-refractivity contribution in [2.75, 3.05) is 7.05 Å². The van der Waals surface area contributed by atoms with Crippen LogP contribution in [-0.4, -0.2) is 41.7 Å². The summed E-state index contributed by atoms with van der Waals surface area (Å²) in [6.07, 6.45) is 16.5. The minimum absolute atomic E-state index is 0.116. The molecule has 34 heavy (non-hydrogen) atoms. The molecule has 7 atom stereocenters. The number of allylic oxidation sites excluding steroid dienone is 4. The summed E-state index contributed by atoms with van der Waals surface area (Å²) in [6.45, 7) is 8.87. The molecule has 3 N–H and O–H groups in total. The topological polar surface area (TPSA) is 78.8 Å². The monoisotopic (exact) mass is 469 g/mol. The van der Waals surface area contributed by atoms with Crippen LogP contribution in [0.5, 0.6) is 0 Å². The fourth-order valence-corrected chi connectivity index (χ4v) is 6.93. The summed E-state index contributed by atoms with van der Waals surface area (Å²) in [7, 11) is 1.61. The molecule has 4 aliphatic rings. The third-order valence-electron chi connectivity index (χ3n) is 9.07. The molecule has 1 amide bonds. The van der Waals surface area contributed by atoms with E-state index in [1.165, 1.54) is 31.3 Å². The Balaban J connectivity index is 1.46. The molecule has 0 radical (unpaired) electrons. The first-order valence-electron chi connectivity index (χ1n) is 13.2. The quantitative estimate of drug-likeness (QED) is 0.452. The molecule has 0 bridgehead atoms. The zero-order valence-corrected chi connectivity index (χ0v) is 21.1. The van der Waals surface area contributed by atoms with Gasteiger partial charge in [-0.2, -0.15) is 0 Å². The molecule has 0 aromatic heterocycles. The van der Waals surface area contributed by atoms with Crippen molar-refractivity contribution in [2.24, 2.45) is 29.1 Å². The Morgan fingerprint density at radius 3 is 2.68 bits per heavy atom. The van der Waals surface area contributed by atoms with Crippen LogP contribution >= 0.6 is 0 Å². The number of ether oxygens (including phenoxy) is 1. The Kier molecular flexibility index (Phi) is 7.73. The van der Waals surface area contributed by atoms with Crippen LogP contribution in [0.25, 0.3) is 0 Å². The van der Waals surface area contributed by atoms with Crippen molar-refractivity contribution in [3.05, 3.63) is 47.6 Å². The van der Waals surface area contributed by atoms with E-state index in [0.717, 1.165) is 30.4 Å². The number of hydrogen-bond donors (Lipinski definition) is 3. The number of carbonyl (C=O) groups excluding carboxylic acids is 1. The van der Waals surface area contributed by atoms with Crippen LogP contribution in [0.2, 0.25) is 0 Å². The van der Waals surface area contributed by atoms with Crippen LogP contribution in [0.1, 0.15) is 71.6 Å². The smallest absolute Gasteiger partial charge is 0.407 e. The SMILES string of the molecule is C=C1/C(=C\C=C2/CCC[C@]3(C)[C@@H]([C@H](C)/C=C/[C@@H](OC(=O)NC)C4CC4)CC[C@@H]23)C[C@@H](O)C[C@@H]1O. The van der Waals surface area contributed by atoms with Crippen molar-refractivity contribution in [2.45, 2.75) is 89.9 Å². The predicted octanol–water partition coefficient (Wildman–Crippen LogP) is 5.45. The van der Waals surface area contributed by atoms with Gasteiger partial charge in [-0.05, 0) is 97.7 Å². The average molecular weight is 470 g/mol. The summed E-state index contributed by atoms with van der Waals surface area (Å²) >= 11 is 0. The second-order valence-corrected chi connectivity index (χ2v) is 11.4. The van der Waals surface area contributed by atoms with Crippen LogP contribution in [0.3, 0.4) is 0 Å². The number of fused-ring (bicyclic) bond motifs is 1. The lowest BCUT2D eigenvalue weighted by Crippen LogP contribution is -2.35. The molecule has 0 saturated heterocycles. The maximum Gasteiger partial charge on any atom is 0.407 e. The van der Waals surface area contributed by atoms with Gasteiger partial charge in [0.25, 0.3) is 0 Å². The molecule has 4 fully saturated rings. The van der Waals surface area contributed by atoms with Gasteiger partial charge in [-0.3, -0.25) is 0 Å². The third kappa shape index (κ3) is 5.36. The molecule has 0 heterocycles. The normalized spacial score (nSPS) is 38.2. The average Bonchev–Trinajstić information content (AvgIpc) is 3.58. The lowest BCUT2D eigenvalue weighted by atomic mass is 9.61. The number of rotatable bonds is 6. The zero-order chi connectivity index (χ0) is 24.5. The van der Waals surface area contributed by atoms with Gasteiger partial charge in [0.1, 0.15) is 6.10 Å². The van der Waals surface area contributed by atoms with Gasteiger partial charge in [0.05, 0.1) is 12.2 Å². The molecule has 0 spiro atoms. The van der Waals surface area contributed by atoms with E-state index < -0.39 is 12.2 Å². The number of hydrogen-bond acceptors (Lipinski definition) is 4. The van der Waals surface area contributed by atoms with E-state index >= 15 is 0 Å². The van der Waals surface area contributed by atoms with Crippen LogP contribution in [0.15, 0.2) is 47.6 Å². The predicted molar refractivity (Wildman–Crippen MR) is 135 cm³/mol. The molecule has 0 aliphatic heterocycles. The molecule has 5 heteroatoms. The summed E-state index contributed by atoms with van der Waals surface area (Å²) in [6, 6.07) is 0. The van der Waals surface area contributed by atoms with Crippen LogP contribution < -0.4 is 5.32 Å². The second-order valence-electron chi connectivity index (χ2n) is 11.4. The number of carbonyl (C=O) groups is 1. The van der Waals surface area contributed by atoms with Crippen molar-refractivity contribution in [3.8, 4) is 0 Å². The Hall–Kier alpha value is -1.85.